The van der Waals surface area contributed by atoms with Crippen molar-refractivity contribution in [3.05, 3.63) is 35.9 Å². The quantitative estimate of drug-likeness (QED) is 0.738. The molecule has 0 radical (unpaired) electrons. The van der Waals surface area contributed by atoms with Crippen molar-refractivity contribution in [2.45, 2.75) is 31.9 Å². The Bertz CT molecular complexity index is 361. The summed E-state index contributed by atoms with van der Waals surface area (Å²) in [7, 11) is 0. The molecule has 0 bridgehead atoms. The first-order chi connectivity index (χ1) is 8.87. The molecule has 0 spiro atoms. The Balaban J connectivity index is 2.41. The molecule has 1 atom stereocenters. The van der Waals surface area contributed by atoms with Gasteiger partial charge in [0.2, 0.25) is 0 Å². The maximum atomic E-state index is 9.49. The molecule has 1 aromatic carbocycles. The lowest BCUT2D eigenvalue weighted by atomic mass is 9.93. The SMILES string of the molecule is CC(C)(C)OCCOCC(N)(CO)c1ccccc1. The lowest BCUT2D eigenvalue weighted by molar-refractivity contribution is -0.0448. The fourth-order valence-electron chi connectivity index (χ4n) is 1.65. The van der Waals surface area contributed by atoms with Crippen molar-refractivity contribution in [1.29, 1.82) is 0 Å². The monoisotopic (exact) mass is 267 g/mol. The van der Waals surface area contributed by atoms with Crippen LogP contribution in [0.4, 0.5) is 0 Å². The largest absolute Gasteiger partial charge is 0.394 e. The Kier molecular flexibility index (Phi) is 5.94. The fraction of sp³-hybridized carbons (Fsp3) is 0.600. The molecule has 1 rings (SSSR count). The third-order valence-corrected chi connectivity index (χ3v) is 2.75. The van der Waals surface area contributed by atoms with Gasteiger partial charge in [-0.25, -0.2) is 0 Å². The Morgan fingerprint density at radius 2 is 1.74 bits per heavy atom. The Labute approximate surface area is 115 Å². The number of hydrogen-bond acceptors (Lipinski definition) is 4. The molecule has 0 heterocycles. The molecule has 0 fully saturated rings. The molecule has 1 aromatic rings. The van der Waals surface area contributed by atoms with Crippen LogP contribution in [0.25, 0.3) is 0 Å². The zero-order valence-corrected chi connectivity index (χ0v) is 12.1. The minimum absolute atomic E-state index is 0.156. The van der Waals surface area contributed by atoms with Gasteiger partial charge >= 0.3 is 0 Å². The van der Waals surface area contributed by atoms with Crippen LogP contribution in [0.1, 0.15) is 26.3 Å². The van der Waals surface area contributed by atoms with E-state index in [1.54, 1.807) is 0 Å². The fourth-order valence-corrected chi connectivity index (χ4v) is 1.65. The third kappa shape index (κ3) is 5.70. The van der Waals surface area contributed by atoms with Crippen LogP contribution in [0, 0.1) is 0 Å². The number of hydrogen-bond donors (Lipinski definition) is 2. The molecular weight excluding hydrogens is 242 g/mol. The van der Waals surface area contributed by atoms with E-state index in [4.69, 9.17) is 15.2 Å². The number of nitrogens with two attached hydrogens (primary N) is 1. The van der Waals surface area contributed by atoms with Crippen molar-refractivity contribution in [2.24, 2.45) is 5.73 Å². The van der Waals surface area contributed by atoms with Gasteiger partial charge < -0.3 is 20.3 Å². The van der Waals surface area contributed by atoms with Gasteiger partial charge in [-0.1, -0.05) is 30.3 Å². The van der Waals surface area contributed by atoms with E-state index in [1.807, 2.05) is 51.1 Å². The molecule has 0 amide bonds. The van der Waals surface area contributed by atoms with Crippen LogP contribution >= 0.6 is 0 Å². The first-order valence-electron chi connectivity index (χ1n) is 6.54. The summed E-state index contributed by atoms with van der Waals surface area (Å²) in [6, 6.07) is 9.50. The van der Waals surface area contributed by atoms with Crippen LogP contribution in [-0.4, -0.2) is 37.1 Å². The molecule has 0 aromatic heterocycles. The number of aliphatic hydroxyl groups excluding tert-OH is 1. The van der Waals surface area contributed by atoms with E-state index >= 15 is 0 Å². The van der Waals surface area contributed by atoms with Crippen molar-refractivity contribution >= 4 is 0 Å². The molecule has 3 N–H and O–H groups in total. The highest BCUT2D eigenvalue weighted by Gasteiger charge is 2.26. The van der Waals surface area contributed by atoms with Gasteiger partial charge in [0.05, 0.1) is 37.6 Å². The standard InChI is InChI=1S/C15H25NO3/c1-14(2,3)19-10-9-18-12-15(16,11-17)13-7-5-4-6-8-13/h4-8,17H,9-12,16H2,1-3H3. The summed E-state index contributed by atoms with van der Waals surface area (Å²) in [5.41, 5.74) is 6.02. The predicted molar refractivity (Wildman–Crippen MR) is 75.9 cm³/mol. The molecule has 0 aliphatic heterocycles. The second-order valence-corrected chi connectivity index (χ2v) is 5.69. The number of benzene rings is 1. The molecule has 4 heteroatoms. The highest BCUT2D eigenvalue weighted by atomic mass is 16.5. The summed E-state index contributed by atoms with van der Waals surface area (Å²) in [5.74, 6) is 0. The highest BCUT2D eigenvalue weighted by molar-refractivity contribution is 5.24. The lowest BCUT2D eigenvalue weighted by Crippen LogP contribution is -2.45. The van der Waals surface area contributed by atoms with E-state index in [-0.39, 0.29) is 18.8 Å². The average Bonchev–Trinajstić information content (AvgIpc) is 2.38. The van der Waals surface area contributed by atoms with Gasteiger partial charge in [0.15, 0.2) is 0 Å². The number of rotatable bonds is 7. The molecule has 4 nitrogen and oxygen atoms in total. The van der Waals surface area contributed by atoms with Crippen molar-refractivity contribution < 1.29 is 14.6 Å². The van der Waals surface area contributed by atoms with Crippen LogP contribution in [0.2, 0.25) is 0 Å². The summed E-state index contributed by atoms with van der Waals surface area (Å²) in [4.78, 5) is 0. The van der Waals surface area contributed by atoms with E-state index in [0.29, 0.717) is 13.2 Å². The zero-order chi connectivity index (χ0) is 14.4. The molecule has 0 aliphatic rings. The molecule has 1 unspecified atom stereocenters. The van der Waals surface area contributed by atoms with Crippen molar-refractivity contribution in [2.75, 3.05) is 26.4 Å². The van der Waals surface area contributed by atoms with E-state index in [1.165, 1.54) is 0 Å². The number of ether oxygens (including phenoxy) is 2. The molecule has 108 valence electrons. The second-order valence-electron chi connectivity index (χ2n) is 5.69. The van der Waals surface area contributed by atoms with Gasteiger partial charge in [-0.05, 0) is 26.3 Å². The smallest absolute Gasteiger partial charge is 0.0881 e. The van der Waals surface area contributed by atoms with Crippen molar-refractivity contribution in [3.63, 3.8) is 0 Å². The summed E-state index contributed by atoms with van der Waals surface area (Å²) >= 11 is 0. The molecule has 0 aliphatic carbocycles. The van der Waals surface area contributed by atoms with Gasteiger partial charge in [0, 0.05) is 0 Å². The van der Waals surface area contributed by atoms with E-state index in [9.17, 15) is 5.11 Å². The topological polar surface area (TPSA) is 64.7 Å². The lowest BCUT2D eigenvalue weighted by Gasteiger charge is -2.28. The van der Waals surface area contributed by atoms with Gasteiger partial charge in [-0.3, -0.25) is 0 Å². The summed E-state index contributed by atoms with van der Waals surface area (Å²) in [6.07, 6.45) is 0. The van der Waals surface area contributed by atoms with Crippen molar-refractivity contribution in [1.82, 2.24) is 0 Å². The average molecular weight is 267 g/mol. The highest BCUT2D eigenvalue weighted by Crippen LogP contribution is 2.18. The minimum Gasteiger partial charge on any atom is -0.394 e. The molecule has 19 heavy (non-hydrogen) atoms. The van der Waals surface area contributed by atoms with Crippen LogP contribution in [-0.2, 0) is 15.0 Å². The van der Waals surface area contributed by atoms with E-state index in [2.05, 4.69) is 0 Å². The summed E-state index contributed by atoms with van der Waals surface area (Å²) < 4.78 is 11.1. The van der Waals surface area contributed by atoms with Gasteiger partial charge in [-0.15, -0.1) is 0 Å². The number of aliphatic hydroxyl groups is 1. The molecular formula is C15H25NO3. The first-order valence-corrected chi connectivity index (χ1v) is 6.54. The van der Waals surface area contributed by atoms with Crippen LogP contribution in [0.5, 0.6) is 0 Å². The maximum Gasteiger partial charge on any atom is 0.0881 e. The summed E-state index contributed by atoms with van der Waals surface area (Å²) in [6.45, 7) is 7.08. The van der Waals surface area contributed by atoms with Crippen LogP contribution in [0.15, 0.2) is 30.3 Å². The predicted octanol–water partition coefficient (Wildman–Crippen LogP) is 1.66. The van der Waals surface area contributed by atoms with Gasteiger partial charge in [-0.2, -0.15) is 0 Å². The minimum atomic E-state index is -0.858. The normalized spacial score (nSPS) is 15.2. The first kappa shape index (κ1) is 16.1. The van der Waals surface area contributed by atoms with Crippen LogP contribution in [0.3, 0.4) is 0 Å². The Hall–Kier alpha value is -0.940. The van der Waals surface area contributed by atoms with Gasteiger partial charge in [0.1, 0.15) is 0 Å². The summed E-state index contributed by atoms with van der Waals surface area (Å²) in [5, 5.41) is 9.49. The van der Waals surface area contributed by atoms with Crippen molar-refractivity contribution in [3.8, 4) is 0 Å². The van der Waals surface area contributed by atoms with E-state index < -0.39 is 5.54 Å². The van der Waals surface area contributed by atoms with Gasteiger partial charge in [0.25, 0.3) is 0 Å². The maximum absolute atomic E-state index is 9.49. The molecule has 0 saturated heterocycles. The van der Waals surface area contributed by atoms with Crippen LogP contribution < -0.4 is 5.73 Å². The Morgan fingerprint density at radius 1 is 1.11 bits per heavy atom. The third-order valence-electron chi connectivity index (χ3n) is 2.75. The van der Waals surface area contributed by atoms with E-state index in [0.717, 1.165) is 5.56 Å². The molecule has 0 saturated carbocycles. The second kappa shape index (κ2) is 7.01. The zero-order valence-electron chi connectivity index (χ0n) is 12.1. The Morgan fingerprint density at radius 3 is 2.26 bits per heavy atom.